The van der Waals surface area contributed by atoms with Crippen molar-refractivity contribution in [1.82, 2.24) is 9.55 Å². The first-order valence-corrected chi connectivity index (χ1v) is 5.51. The van der Waals surface area contributed by atoms with Gasteiger partial charge in [-0.25, -0.2) is 13.8 Å². The molecule has 2 rings (SSSR count). The van der Waals surface area contributed by atoms with Crippen LogP contribution in [0.2, 0.25) is 0 Å². The summed E-state index contributed by atoms with van der Waals surface area (Å²) in [5.74, 6) is -1.06. The van der Waals surface area contributed by atoms with Crippen molar-refractivity contribution in [3.8, 4) is 17.0 Å². The van der Waals surface area contributed by atoms with E-state index in [1.165, 1.54) is 11.7 Å². The highest BCUT2D eigenvalue weighted by Crippen LogP contribution is 2.30. The Balaban J connectivity index is 2.69. The lowest BCUT2D eigenvalue weighted by Crippen LogP contribution is -1.98. The van der Waals surface area contributed by atoms with Gasteiger partial charge in [0.05, 0.1) is 7.11 Å². The van der Waals surface area contributed by atoms with Crippen LogP contribution in [0.5, 0.6) is 5.75 Å². The minimum absolute atomic E-state index is 0.0656. The summed E-state index contributed by atoms with van der Waals surface area (Å²) in [6, 6.07) is 1.91. The lowest BCUT2D eigenvalue weighted by Gasteiger charge is -2.06. The minimum atomic E-state index is -0.709. The van der Waals surface area contributed by atoms with Gasteiger partial charge in [0.25, 0.3) is 0 Å². The first kappa shape index (κ1) is 13.2. The Morgan fingerprint density at radius 3 is 2.58 bits per heavy atom. The van der Waals surface area contributed by atoms with Gasteiger partial charge in [0, 0.05) is 18.7 Å². The van der Waals surface area contributed by atoms with Gasteiger partial charge in [-0.05, 0) is 13.0 Å². The molecule has 0 spiro atoms. The standard InChI is InChI=1S/C13H12F2N2O2/c1-7-16-13(11(6-18)17(7)2)8-4-10(15)12(19-3)5-9(8)14/h4-6H,1-3H3. The molecule has 0 N–H and O–H groups in total. The summed E-state index contributed by atoms with van der Waals surface area (Å²) in [7, 11) is 2.88. The lowest BCUT2D eigenvalue weighted by atomic mass is 10.1. The normalized spacial score (nSPS) is 10.6. The molecule has 0 bridgehead atoms. The monoisotopic (exact) mass is 266 g/mol. The van der Waals surface area contributed by atoms with Gasteiger partial charge in [0.15, 0.2) is 17.9 Å². The van der Waals surface area contributed by atoms with Crippen LogP contribution in [-0.4, -0.2) is 22.9 Å². The van der Waals surface area contributed by atoms with Gasteiger partial charge < -0.3 is 9.30 Å². The molecule has 19 heavy (non-hydrogen) atoms. The maximum absolute atomic E-state index is 13.9. The number of benzene rings is 1. The molecule has 1 aromatic heterocycles. The van der Waals surface area contributed by atoms with Crippen molar-refractivity contribution in [1.29, 1.82) is 0 Å². The van der Waals surface area contributed by atoms with Crippen LogP contribution in [0.15, 0.2) is 12.1 Å². The predicted octanol–water partition coefficient (Wildman–Crippen LogP) is 2.49. The average Bonchev–Trinajstić information content (AvgIpc) is 2.67. The molecule has 0 aliphatic carbocycles. The molecule has 0 unspecified atom stereocenters. The van der Waals surface area contributed by atoms with E-state index in [0.717, 1.165) is 12.1 Å². The number of hydrogen-bond donors (Lipinski definition) is 0. The number of carbonyl (C=O) groups is 1. The number of hydrogen-bond acceptors (Lipinski definition) is 3. The van der Waals surface area contributed by atoms with Crippen molar-refractivity contribution in [3.05, 3.63) is 35.3 Å². The van der Waals surface area contributed by atoms with E-state index >= 15 is 0 Å². The summed E-state index contributed by atoms with van der Waals surface area (Å²) in [6.07, 6.45) is 0.566. The number of carbonyl (C=O) groups excluding carboxylic acids is 1. The van der Waals surface area contributed by atoms with Gasteiger partial charge in [0.1, 0.15) is 23.0 Å². The second-order valence-electron chi connectivity index (χ2n) is 4.04. The van der Waals surface area contributed by atoms with E-state index in [4.69, 9.17) is 4.74 Å². The molecular weight excluding hydrogens is 254 g/mol. The quantitative estimate of drug-likeness (QED) is 0.802. The molecule has 100 valence electrons. The Morgan fingerprint density at radius 1 is 1.32 bits per heavy atom. The van der Waals surface area contributed by atoms with E-state index in [9.17, 15) is 13.6 Å². The number of ether oxygens (including phenoxy) is 1. The minimum Gasteiger partial charge on any atom is -0.494 e. The SMILES string of the molecule is COc1cc(F)c(-c2nc(C)n(C)c2C=O)cc1F. The third-order valence-electron chi connectivity index (χ3n) is 2.97. The highest BCUT2D eigenvalue weighted by Gasteiger charge is 2.19. The van der Waals surface area contributed by atoms with Crippen molar-refractivity contribution in [3.63, 3.8) is 0 Å². The van der Waals surface area contributed by atoms with Crippen LogP contribution in [0.25, 0.3) is 11.3 Å². The Bertz CT molecular complexity index is 651. The zero-order valence-electron chi connectivity index (χ0n) is 10.7. The van der Waals surface area contributed by atoms with Crippen LogP contribution >= 0.6 is 0 Å². The molecule has 1 aromatic carbocycles. The Hall–Kier alpha value is -2.24. The summed E-state index contributed by atoms with van der Waals surface area (Å²) in [4.78, 5) is 15.1. The lowest BCUT2D eigenvalue weighted by molar-refractivity contribution is 0.111. The zero-order chi connectivity index (χ0) is 14.2. The molecule has 6 heteroatoms. The van der Waals surface area contributed by atoms with Gasteiger partial charge in [-0.1, -0.05) is 0 Å². The van der Waals surface area contributed by atoms with Gasteiger partial charge in [-0.15, -0.1) is 0 Å². The topological polar surface area (TPSA) is 44.1 Å². The molecular formula is C13H12F2N2O2. The fourth-order valence-corrected chi connectivity index (χ4v) is 1.83. The molecule has 0 aliphatic heterocycles. The summed E-state index contributed by atoms with van der Waals surface area (Å²) in [5, 5.41) is 0. The number of aryl methyl sites for hydroxylation is 1. The summed E-state index contributed by atoms with van der Waals surface area (Å²) in [5.41, 5.74) is 0.249. The highest BCUT2D eigenvalue weighted by molar-refractivity contribution is 5.84. The van der Waals surface area contributed by atoms with Crippen LogP contribution < -0.4 is 4.74 Å². The number of aromatic nitrogens is 2. The molecule has 0 radical (unpaired) electrons. The molecule has 0 saturated carbocycles. The third-order valence-corrected chi connectivity index (χ3v) is 2.97. The first-order valence-electron chi connectivity index (χ1n) is 5.51. The molecule has 4 nitrogen and oxygen atoms in total. The Kier molecular flexibility index (Phi) is 3.33. The van der Waals surface area contributed by atoms with E-state index in [2.05, 4.69) is 4.98 Å². The number of rotatable bonds is 3. The van der Waals surface area contributed by atoms with Crippen molar-refractivity contribution < 1.29 is 18.3 Å². The largest absolute Gasteiger partial charge is 0.494 e. The summed E-state index contributed by atoms with van der Waals surface area (Å²) < 4.78 is 33.8. The second-order valence-corrected chi connectivity index (χ2v) is 4.04. The van der Waals surface area contributed by atoms with Crippen molar-refractivity contribution in [2.24, 2.45) is 7.05 Å². The summed E-state index contributed by atoms with van der Waals surface area (Å²) >= 11 is 0. The number of imidazole rings is 1. The predicted molar refractivity (Wildman–Crippen MR) is 65.2 cm³/mol. The van der Waals surface area contributed by atoms with Crippen LogP contribution in [0.3, 0.4) is 0 Å². The van der Waals surface area contributed by atoms with Crippen molar-refractivity contribution >= 4 is 6.29 Å². The van der Waals surface area contributed by atoms with Gasteiger partial charge in [-0.3, -0.25) is 4.79 Å². The molecule has 2 aromatic rings. The molecule has 0 saturated heterocycles. The number of methoxy groups -OCH3 is 1. The van der Waals surface area contributed by atoms with E-state index in [1.54, 1.807) is 14.0 Å². The average molecular weight is 266 g/mol. The second kappa shape index (κ2) is 4.79. The van der Waals surface area contributed by atoms with Crippen molar-refractivity contribution in [2.45, 2.75) is 6.92 Å². The number of aldehydes is 1. The Morgan fingerprint density at radius 2 is 2.00 bits per heavy atom. The number of nitrogens with zero attached hydrogens (tertiary/aromatic N) is 2. The zero-order valence-corrected chi connectivity index (χ0v) is 10.7. The maximum atomic E-state index is 13.9. The molecule has 0 fully saturated rings. The summed E-state index contributed by atoms with van der Waals surface area (Å²) in [6.45, 7) is 1.67. The van der Waals surface area contributed by atoms with Gasteiger partial charge in [-0.2, -0.15) is 0 Å². The van der Waals surface area contributed by atoms with Crippen LogP contribution in [0.4, 0.5) is 8.78 Å². The molecule has 0 atom stereocenters. The van der Waals surface area contributed by atoms with Crippen LogP contribution in [0.1, 0.15) is 16.3 Å². The molecule has 1 heterocycles. The number of halogens is 2. The van der Waals surface area contributed by atoms with Gasteiger partial charge >= 0.3 is 0 Å². The van der Waals surface area contributed by atoms with Gasteiger partial charge in [0.2, 0.25) is 0 Å². The van der Waals surface area contributed by atoms with Crippen LogP contribution in [-0.2, 0) is 7.05 Å². The van der Waals surface area contributed by atoms with E-state index < -0.39 is 11.6 Å². The van der Waals surface area contributed by atoms with E-state index in [1.807, 2.05) is 0 Å². The van der Waals surface area contributed by atoms with E-state index in [-0.39, 0.29) is 22.7 Å². The molecule has 0 amide bonds. The maximum Gasteiger partial charge on any atom is 0.168 e. The fourth-order valence-electron chi connectivity index (χ4n) is 1.83. The smallest absolute Gasteiger partial charge is 0.168 e. The Labute approximate surface area is 108 Å². The van der Waals surface area contributed by atoms with Crippen LogP contribution in [0, 0.1) is 18.6 Å². The third kappa shape index (κ3) is 2.09. The molecule has 0 aliphatic rings. The van der Waals surface area contributed by atoms with E-state index in [0.29, 0.717) is 12.1 Å². The van der Waals surface area contributed by atoms with Crippen molar-refractivity contribution in [2.75, 3.05) is 7.11 Å². The highest BCUT2D eigenvalue weighted by atomic mass is 19.1. The fraction of sp³-hybridized carbons (Fsp3) is 0.231. The first-order chi connectivity index (χ1) is 8.99.